The maximum atomic E-state index is 6.67. The van der Waals surface area contributed by atoms with Crippen LogP contribution < -0.4 is 5.32 Å². The van der Waals surface area contributed by atoms with Crippen LogP contribution in [0.15, 0.2) is 217 Å². The minimum atomic E-state index is -0.0656. The van der Waals surface area contributed by atoms with E-state index < -0.39 is 0 Å². The fourth-order valence-electron chi connectivity index (χ4n) is 9.20. The lowest BCUT2D eigenvalue weighted by Gasteiger charge is -2.22. The zero-order valence-corrected chi connectivity index (χ0v) is 34.1. The first-order valence-corrected chi connectivity index (χ1v) is 21.3. The maximum absolute atomic E-state index is 6.67. The van der Waals surface area contributed by atoms with Crippen LogP contribution in [0.25, 0.3) is 106 Å². The van der Waals surface area contributed by atoms with E-state index in [0.29, 0.717) is 17.5 Å². The van der Waals surface area contributed by atoms with Gasteiger partial charge in [-0.3, -0.25) is 0 Å². The molecule has 0 saturated carbocycles. The van der Waals surface area contributed by atoms with Crippen LogP contribution in [-0.4, -0.2) is 15.0 Å². The fourth-order valence-corrected chi connectivity index (χ4v) is 9.20. The van der Waals surface area contributed by atoms with Crippen LogP contribution in [0.2, 0.25) is 0 Å². The van der Waals surface area contributed by atoms with Crippen LogP contribution >= 0.6 is 0 Å². The topological polar surface area (TPSA) is 63.8 Å². The van der Waals surface area contributed by atoms with Crippen molar-refractivity contribution in [1.82, 2.24) is 15.0 Å². The van der Waals surface area contributed by atoms with Crippen LogP contribution in [0.4, 0.5) is 5.88 Å². The molecule has 1 aliphatic heterocycles. The average Bonchev–Trinajstić information content (AvgIpc) is 3.75. The summed E-state index contributed by atoms with van der Waals surface area (Å²) in [7, 11) is 0. The predicted octanol–water partition coefficient (Wildman–Crippen LogP) is 15.1. The maximum Gasteiger partial charge on any atom is 0.202 e. The van der Waals surface area contributed by atoms with Gasteiger partial charge >= 0.3 is 0 Å². The molecule has 3 heterocycles. The molecular formula is C58H38N4O. The molecular weight excluding hydrogens is 769 g/mol. The number of benzene rings is 9. The first-order chi connectivity index (χ1) is 31.2. The van der Waals surface area contributed by atoms with Gasteiger partial charge < -0.3 is 9.73 Å². The number of nitrogens with one attached hydrogen (secondary N) is 1. The van der Waals surface area contributed by atoms with Crippen molar-refractivity contribution in [3.05, 3.63) is 223 Å². The molecule has 0 amide bonds. The molecule has 0 spiro atoms. The van der Waals surface area contributed by atoms with Crippen molar-refractivity contribution in [2.45, 2.75) is 6.04 Å². The third-order valence-corrected chi connectivity index (χ3v) is 12.2. The van der Waals surface area contributed by atoms with Gasteiger partial charge in [0, 0.05) is 27.6 Å². The molecule has 1 aliphatic rings. The van der Waals surface area contributed by atoms with Gasteiger partial charge in [0.2, 0.25) is 5.88 Å². The van der Waals surface area contributed by atoms with Crippen molar-refractivity contribution in [3.8, 4) is 67.5 Å². The summed E-state index contributed by atoms with van der Waals surface area (Å²) in [4.78, 5) is 15.3. The van der Waals surface area contributed by atoms with Gasteiger partial charge in [-0.05, 0) is 72.6 Å². The van der Waals surface area contributed by atoms with Gasteiger partial charge in [-0.2, -0.15) is 0 Å². The van der Waals surface area contributed by atoms with E-state index in [1.54, 1.807) is 0 Å². The van der Waals surface area contributed by atoms with Gasteiger partial charge in [-0.15, -0.1) is 0 Å². The van der Waals surface area contributed by atoms with E-state index in [1.807, 2.05) is 36.4 Å². The lowest BCUT2D eigenvalue weighted by atomic mass is 9.90. The second-order valence-electron chi connectivity index (χ2n) is 15.9. The highest BCUT2D eigenvalue weighted by atomic mass is 16.4. The number of anilines is 1. The van der Waals surface area contributed by atoms with Crippen molar-refractivity contribution in [3.63, 3.8) is 0 Å². The van der Waals surface area contributed by atoms with Gasteiger partial charge in [0.25, 0.3) is 0 Å². The molecule has 1 N–H and O–H groups in total. The molecule has 5 nitrogen and oxygen atoms in total. The van der Waals surface area contributed by atoms with E-state index in [9.17, 15) is 0 Å². The second kappa shape index (κ2) is 15.2. The van der Waals surface area contributed by atoms with E-state index in [-0.39, 0.29) is 6.04 Å². The van der Waals surface area contributed by atoms with Crippen molar-refractivity contribution in [1.29, 1.82) is 0 Å². The number of aromatic nitrogens is 3. The first kappa shape index (κ1) is 36.4. The minimum Gasteiger partial charge on any atom is -0.440 e. The summed E-state index contributed by atoms with van der Waals surface area (Å²) >= 11 is 0. The zero-order valence-electron chi connectivity index (χ0n) is 34.1. The molecule has 9 aromatic carbocycles. The monoisotopic (exact) mass is 806 g/mol. The predicted molar refractivity (Wildman–Crippen MR) is 259 cm³/mol. The van der Waals surface area contributed by atoms with E-state index >= 15 is 0 Å². The average molecular weight is 807 g/mol. The Balaban J connectivity index is 0.944. The second-order valence-corrected chi connectivity index (χ2v) is 15.9. The summed E-state index contributed by atoms with van der Waals surface area (Å²) in [5.74, 6) is 2.64. The van der Waals surface area contributed by atoms with Crippen molar-refractivity contribution >= 4 is 44.5 Å². The van der Waals surface area contributed by atoms with Crippen LogP contribution in [0, 0.1) is 0 Å². The zero-order chi connectivity index (χ0) is 41.7. The molecule has 0 bridgehead atoms. The molecule has 11 aromatic rings. The Morgan fingerprint density at radius 3 is 1.57 bits per heavy atom. The van der Waals surface area contributed by atoms with Gasteiger partial charge in [0.1, 0.15) is 5.58 Å². The molecule has 1 unspecified atom stereocenters. The highest BCUT2D eigenvalue weighted by molar-refractivity contribution is 6.12. The van der Waals surface area contributed by atoms with E-state index in [2.05, 4.69) is 187 Å². The van der Waals surface area contributed by atoms with Gasteiger partial charge in [-0.25, -0.2) is 15.0 Å². The Kier molecular flexibility index (Phi) is 8.82. The summed E-state index contributed by atoms with van der Waals surface area (Å²) in [6.45, 7) is 0. The van der Waals surface area contributed by atoms with Crippen LogP contribution in [0.1, 0.15) is 17.2 Å². The number of hydrogen-bond donors (Lipinski definition) is 1. The minimum absolute atomic E-state index is 0.0656. The molecule has 296 valence electrons. The largest absolute Gasteiger partial charge is 0.440 e. The summed E-state index contributed by atoms with van der Waals surface area (Å²) in [6, 6.07) is 71.9. The highest BCUT2D eigenvalue weighted by Gasteiger charge is 2.25. The molecule has 2 aromatic heterocycles. The van der Waals surface area contributed by atoms with Crippen LogP contribution in [0.3, 0.4) is 0 Å². The summed E-state index contributed by atoms with van der Waals surface area (Å²) < 4.78 is 6.67. The molecule has 0 aliphatic carbocycles. The smallest absolute Gasteiger partial charge is 0.202 e. The van der Waals surface area contributed by atoms with Gasteiger partial charge in [0.15, 0.2) is 17.5 Å². The molecule has 0 saturated heterocycles. The summed E-state index contributed by atoms with van der Waals surface area (Å²) in [5.41, 5.74) is 12.8. The van der Waals surface area contributed by atoms with E-state index in [1.165, 1.54) is 33.0 Å². The van der Waals surface area contributed by atoms with Gasteiger partial charge in [-0.1, -0.05) is 206 Å². The number of furan rings is 1. The lowest BCUT2D eigenvalue weighted by Crippen LogP contribution is -2.11. The summed E-state index contributed by atoms with van der Waals surface area (Å²) in [6.07, 6.45) is 4.49. The van der Waals surface area contributed by atoms with Crippen molar-refractivity contribution in [2.75, 3.05) is 5.32 Å². The fraction of sp³-hybridized carbons (Fsp3) is 0.0172. The molecule has 1 atom stereocenters. The van der Waals surface area contributed by atoms with Crippen molar-refractivity contribution in [2.24, 2.45) is 0 Å². The normalized spacial score (nSPS) is 13.3. The number of hydrogen-bond acceptors (Lipinski definition) is 5. The standard InChI is InChI=1S/C58H38N4O/c1-4-15-37(16-5-1)38-27-29-41(30-28-38)56-60-55(40-19-8-3-9-20-40)61-57(62-56)50-34-32-47(44-22-11-13-24-46(44)50)49-25-14-26-53-54(49)51-35-36-52(59-58(51)63-53)48-33-31-42(39-17-6-2-7-18-39)43-21-10-12-23-45(43)48/h1-36,52,59H. The summed E-state index contributed by atoms with van der Waals surface area (Å²) in [5, 5.41) is 9.45. The quantitative estimate of drug-likeness (QED) is 0.174. The van der Waals surface area contributed by atoms with E-state index in [4.69, 9.17) is 19.4 Å². The third-order valence-electron chi connectivity index (χ3n) is 12.2. The lowest BCUT2D eigenvalue weighted by molar-refractivity contribution is 0.619. The molecule has 12 rings (SSSR count). The molecule has 5 heteroatoms. The Morgan fingerprint density at radius 2 is 0.873 bits per heavy atom. The molecule has 0 fully saturated rings. The van der Waals surface area contributed by atoms with Crippen LogP contribution in [-0.2, 0) is 0 Å². The first-order valence-electron chi connectivity index (χ1n) is 21.3. The van der Waals surface area contributed by atoms with Crippen LogP contribution in [0.5, 0.6) is 0 Å². The van der Waals surface area contributed by atoms with Gasteiger partial charge in [0.05, 0.1) is 6.04 Å². The Morgan fingerprint density at radius 1 is 0.365 bits per heavy atom. The van der Waals surface area contributed by atoms with E-state index in [0.717, 1.165) is 66.6 Å². The SMILES string of the molecule is C1=CC(c2ccc(-c3ccccc3)c3ccccc23)Nc2oc3cccc(-c4ccc(-c5nc(-c6ccccc6)nc(-c6ccc(-c7ccccc7)cc6)n5)c5ccccc45)c3c21. The number of rotatable bonds is 7. The Bertz CT molecular complexity index is 3520. The third kappa shape index (κ3) is 6.46. The molecule has 0 radical (unpaired) electrons. The molecule has 63 heavy (non-hydrogen) atoms. The Labute approximate surface area is 364 Å². The highest BCUT2D eigenvalue weighted by Crippen LogP contribution is 2.45. The number of nitrogens with zero attached hydrogens (tertiary/aromatic N) is 3. The van der Waals surface area contributed by atoms with Crippen molar-refractivity contribution < 1.29 is 4.42 Å². The number of fused-ring (bicyclic) bond motifs is 5. The Hall–Kier alpha value is -8.41.